The lowest BCUT2D eigenvalue weighted by molar-refractivity contribution is 0.671. The lowest BCUT2D eigenvalue weighted by Gasteiger charge is -2.08. The molecule has 2 nitrogen and oxygen atoms in total. The molecule has 0 saturated heterocycles. The first-order chi connectivity index (χ1) is 16.7. The molecule has 4 aromatic carbocycles. The Morgan fingerprint density at radius 3 is 1.91 bits per heavy atom. The Morgan fingerprint density at radius 2 is 1.21 bits per heavy atom. The van der Waals surface area contributed by atoms with Crippen LogP contribution in [0.25, 0.3) is 55.4 Å². The number of rotatable bonds is 4. The van der Waals surface area contributed by atoms with Gasteiger partial charge in [-0.1, -0.05) is 98.8 Å². The molecule has 0 radical (unpaired) electrons. The molecular weight excluding hydrogens is 414 g/mol. The van der Waals surface area contributed by atoms with Crippen LogP contribution in [0, 0.1) is 0 Å². The summed E-state index contributed by atoms with van der Waals surface area (Å²) in [5.41, 5.74) is 9.73. The molecule has 0 unspecified atom stereocenters. The smallest absolute Gasteiger partial charge is 0.144 e. The van der Waals surface area contributed by atoms with E-state index in [0.717, 1.165) is 44.3 Å². The van der Waals surface area contributed by atoms with Crippen LogP contribution in [0.2, 0.25) is 0 Å². The first kappa shape index (κ1) is 20.4. The summed E-state index contributed by atoms with van der Waals surface area (Å²) in [5, 5.41) is 2.24. The van der Waals surface area contributed by atoms with Crippen molar-refractivity contribution in [3.05, 3.63) is 115 Å². The fourth-order valence-corrected chi connectivity index (χ4v) is 4.68. The third kappa shape index (κ3) is 3.48. The van der Waals surface area contributed by atoms with Crippen molar-refractivity contribution in [1.82, 2.24) is 4.98 Å². The standard InChI is InChI=1S/C32H25NO/c1-21(2)25-18-19-33-30(20-25)29-13-7-12-28-27-11-6-10-26(31(27)34-32(28)29)24-16-14-23(15-17-24)22-8-4-3-5-9-22/h3-21H,1-2H3. The second kappa shape index (κ2) is 8.31. The SMILES string of the molecule is CC(C)c1ccnc(-c2cccc3c2oc2c(-c4ccc(-c5ccccc5)cc4)cccc23)c1. The van der Waals surface area contributed by atoms with Gasteiger partial charge in [0.2, 0.25) is 0 Å². The van der Waals surface area contributed by atoms with E-state index in [1.807, 2.05) is 12.3 Å². The second-order valence-electron chi connectivity index (χ2n) is 9.04. The predicted molar refractivity (Wildman–Crippen MR) is 142 cm³/mol. The van der Waals surface area contributed by atoms with E-state index in [1.165, 1.54) is 16.7 Å². The minimum absolute atomic E-state index is 0.446. The van der Waals surface area contributed by atoms with E-state index in [9.17, 15) is 0 Å². The molecule has 0 aliphatic heterocycles. The molecule has 164 valence electrons. The molecule has 0 amide bonds. The molecule has 0 aliphatic carbocycles. The molecule has 0 fully saturated rings. The lowest BCUT2D eigenvalue weighted by atomic mass is 9.98. The van der Waals surface area contributed by atoms with E-state index in [-0.39, 0.29) is 0 Å². The van der Waals surface area contributed by atoms with Crippen molar-refractivity contribution in [2.24, 2.45) is 0 Å². The third-order valence-corrected chi connectivity index (χ3v) is 6.55. The molecule has 2 aromatic heterocycles. The van der Waals surface area contributed by atoms with Crippen LogP contribution >= 0.6 is 0 Å². The molecule has 0 atom stereocenters. The number of furan rings is 1. The van der Waals surface area contributed by atoms with Crippen molar-refractivity contribution in [2.45, 2.75) is 19.8 Å². The number of hydrogen-bond acceptors (Lipinski definition) is 2. The van der Waals surface area contributed by atoms with Crippen LogP contribution in [0.4, 0.5) is 0 Å². The van der Waals surface area contributed by atoms with Gasteiger partial charge in [0.05, 0.1) is 5.69 Å². The van der Waals surface area contributed by atoms with Gasteiger partial charge in [-0.3, -0.25) is 4.98 Å². The maximum absolute atomic E-state index is 6.60. The number of aromatic nitrogens is 1. The second-order valence-corrected chi connectivity index (χ2v) is 9.04. The molecule has 6 rings (SSSR count). The summed E-state index contributed by atoms with van der Waals surface area (Å²) in [6.45, 7) is 4.41. The summed E-state index contributed by atoms with van der Waals surface area (Å²) in [6, 6.07) is 36.2. The Balaban J connectivity index is 1.50. The Labute approximate surface area is 199 Å². The lowest BCUT2D eigenvalue weighted by Crippen LogP contribution is -1.90. The van der Waals surface area contributed by atoms with Crippen molar-refractivity contribution in [2.75, 3.05) is 0 Å². The van der Waals surface area contributed by atoms with Crippen LogP contribution in [-0.4, -0.2) is 4.98 Å². The van der Waals surface area contributed by atoms with Crippen molar-refractivity contribution in [3.63, 3.8) is 0 Å². The van der Waals surface area contributed by atoms with Gasteiger partial charge in [0.25, 0.3) is 0 Å². The van der Waals surface area contributed by atoms with Gasteiger partial charge in [0.15, 0.2) is 0 Å². The molecule has 0 N–H and O–H groups in total. The molecule has 2 heteroatoms. The number of fused-ring (bicyclic) bond motifs is 3. The van der Waals surface area contributed by atoms with Gasteiger partial charge >= 0.3 is 0 Å². The van der Waals surface area contributed by atoms with E-state index in [0.29, 0.717) is 5.92 Å². The molecule has 0 saturated carbocycles. The zero-order valence-corrected chi connectivity index (χ0v) is 19.3. The van der Waals surface area contributed by atoms with Crippen LogP contribution in [0.3, 0.4) is 0 Å². The van der Waals surface area contributed by atoms with Crippen LogP contribution in [0.5, 0.6) is 0 Å². The highest BCUT2D eigenvalue weighted by Gasteiger charge is 2.16. The Hall–Kier alpha value is -4.17. The third-order valence-electron chi connectivity index (χ3n) is 6.55. The molecule has 0 spiro atoms. The van der Waals surface area contributed by atoms with E-state index >= 15 is 0 Å². The molecule has 0 bridgehead atoms. The van der Waals surface area contributed by atoms with Gasteiger partial charge in [-0.15, -0.1) is 0 Å². The fraction of sp³-hybridized carbons (Fsp3) is 0.0938. The largest absolute Gasteiger partial charge is 0.455 e. The summed E-state index contributed by atoms with van der Waals surface area (Å²) < 4.78 is 6.60. The van der Waals surface area contributed by atoms with Crippen molar-refractivity contribution in [1.29, 1.82) is 0 Å². The zero-order chi connectivity index (χ0) is 23.1. The van der Waals surface area contributed by atoms with E-state index in [2.05, 4.69) is 116 Å². The topological polar surface area (TPSA) is 26.0 Å². The van der Waals surface area contributed by atoms with Crippen LogP contribution < -0.4 is 0 Å². The predicted octanol–water partition coefficient (Wildman–Crippen LogP) is 9.11. The van der Waals surface area contributed by atoms with E-state index in [4.69, 9.17) is 4.42 Å². The van der Waals surface area contributed by atoms with Crippen LogP contribution in [0.1, 0.15) is 25.3 Å². The highest BCUT2D eigenvalue weighted by molar-refractivity contribution is 6.12. The highest BCUT2D eigenvalue weighted by Crippen LogP contribution is 2.40. The first-order valence-corrected chi connectivity index (χ1v) is 11.8. The molecule has 6 aromatic rings. The van der Waals surface area contributed by atoms with Gasteiger partial charge < -0.3 is 4.42 Å². The summed E-state index contributed by atoms with van der Waals surface area (Å²) in [4.78, 5) is 4.67. The zero-order valence-electron chi connectivity index (χ0n) is 19.3. The van der Waals surface area contributed by atoms with Gasteiger partial charge in [-0.2, -0.15) is 0 Å². The van der Waals surface area contributed by atoms with Crippen molar-refractivity contribution >= 4 is 21.9 Å². The van der Waals surface area contributed by atoms with E-state index < -0.39 is 0 Å². The monoisotopic (exact) mass is 439 g/mol. The number of benzene rings is 4. The van der Waals surface area contributed by atoms with Crippen LogP contribution in [0.15, 0.2) is 114 Å². The number of pyridine rings is 1. The molecule has 0 aliphatic rings. The Morgan fingerprint density at radius 1 is 0.588 bits per heavy atom. The van der Waals surface area contributed by atoms with Crippen LogP contribution in [-0.2, 0) is 0 Å². The summed E-state index contributed by atoms with van der Waals surface area (Å²) in [5.74, 6) is 0.446. The first-order valence-electron chi connectivity index (χ1n) is 11.8. The average Bonchev–Trinajstić information content (AvgIpc) is 3.28. The quantitative estimate of drug-likeness (QED) is 0.274. The number of para-hydroxylation sites is 2. The molecular formula is C32H25NO. The number of nitrogens with zero attached hydrogens (tertiary/aromatic N) is 1. The average molecular weight is 440 g/mol. The Bertz CT molecular complexity index is 1610. The summed E-state index contributed by atoms with van der Waals surface area (Å²) in [7, 11) is 0. The summed E-state index contributed by atoms with van der Waals surface area (Å²) >= 11 is 0. The van der Waals surface area contributed by atoms with Crippen molar-refractivity contribution in [3.8, 4) is 33.5 Å². The van der Waals surface area contributed by atoms with Crippen molar-refractivity contribution < 1.29 is 4.42 Å². The molecule has 34 heavy (non-hydrogen) atoms. The van der Waals surface area contributed by atoms with Gasteiger partial charge in [0.1, 0.15) is 11.2 Å². The highest BCUT2D eigenvalue weighted by atomic mass is 16.3. The minimum atomic E-state index is 0.446. The Kier molecular flexibility index (Phi) is 5.00. The number of hydrogen-bond donors (Lipinski definition) is 0. The van der Waals surface area contributed by atoms with Gasteiger partial charge in [-0.25, -0.2) is 0 Å². The minimum Gasteiger partial charge on any atom is -0.455 e. The molecule has 2 heterocycles. The normalized spacial score (nSPS) is 11.5. The maximum atomic E-state index is 6.60. The maximum Gasteiger partial charge on any atom is 0.144 e. The van der Waals surface area contributed by atoms with Gasteiger partial charge in [-0.05, 0) is 46.4 Å². The van der Waals surface area contributed by atoms with Gasteiger partial charge in [0, 0.05) is 28.1 Å². The van der Waals surface area contributed by atoms with E-state index in [1.54, 1.807) is 0 Å². The summed E-state index contributed by atoms with van der Waals surface area (Å²) in [6.07, 6.45) is 1.89. The fourth-order valence-electron chi connectivity index (χ4n) is 4.68.